The Morgan fingerprint density at radius 1 is 0.289 bits per heavy atom. The lowest BCUT2D eigenvalue weighted by Crippen LogP contribution is -1.89. The van der Waals surface area contributed by atoms with E-state index in [-0.39, 0.29) is 0 Å². The molecule has 8 aromatic heterocycles. The minimum Gasteiger partial charge on any atom is -0.360 e. The second-order valence-electron chi connectivity index (χ2n) is 20.3. The van der Waals surface area contributed by atoms with Crippen molar-refractivity contribution in [1.82, 2.24) is 59.8 Å². The fraction of sp³-hybridized carbons (Fsp3) is 0.130. The second kappa shape index (κ2) is 37.8. The summed E-state index contributed by atoms with van der Waals surface area (Å²) >= 11 is 0. The normalized spacial score (nSPS) is 9.66. The highest BCUT2D eigenvalue weighted by Crippen LogP contribution is 2.20. The van der Waals surface area contributed by atoms with Crippen molar-refractivity contribution >= 4 is 5.82 Å². The average molecular weight is 1180 g/mol. The van der Waals surface area contributed by atoms with Gasteiger partial charge in [-0.15, -0.1) is 4.98 Å². The molecule has 0 unspecified atom stereocenters. The van der Waals surface area contributed by atoms with E-state index < -0.39 is 0 Å². The minimum atomic E-state index is 0.498. The Kier molecular flexibility index (Phi) is 28.4. The Morgan fingerprint density at radius 2 is 0.833 bits per heavy atom. The van der Waals surface area contributed by atoms with Crippen molar-refractivity contribution in [2.45, 2.75) is 69.2 Å². The van der Waals surface area contributed by atoms with Gasteiger partial charge in [-0.1, -0.05) is 182 Å². The van der Waals surface area contributed by atoms with E-state index >= 15 is 0 Å². The summed E-state index contributed by atoms with van der Waals surface area (Å²) in [4.78, 5) is 52.5. The SMILES string of the molecule is Cc1cc(-c2ccccc2)ncn1.Cc1cc(C)ncn1.Cc1ccc(-c2ccccc2)cn1.Cc1ccc(-c2ccccc2)nc1.Cc1cccc(-c2ccccc2)n1.Cc1ccnc(-c2ccccc2)n1.Cc1cncnc1C.[C-]#[N+]c1ncccc1C. The molecule has 0 amide bonds. The largest absolute Gasteiger partial charge is 0.360 e. The predicted molar refractivity (Wildman–Crippen MR) is 366 cm³/mol. The van der Waals surface area contributed by atoms with Crippen LogP contribution in [0.1, 0.15) is 56.5 Å². The molecule has 13 rings (SSSR count). The molecule has 13 nitrogen and oxygen atoms in total. The van der Waals surface area contributed by atoms with Crippen molar-refractivity contribution in [2.75, 3.05) is 0 Å². The molecular weight excluding hydrogens is 1110 g/mol. The van der Waals surface area contributed by atoms with Gasteiger partial charge in [-0.25, -0.2) is 39.9 Å². The maximum atomic E-state index is 6.65. The molecule has 0 aliphatic heterocycles. The third kappa shape index (κ3) is 24.8. The minimum absolute atomic E-state index is 0.498. The zero-order chi connectivity index (χ0) is 64.1. The fourth-order valence-electron chi connectivity index (χ4n) is 7.87. The molecular formula is C77H75N13. The van der Waals surface area contributed by atoms with E-state index in [1.807, 2.05) is 264 Å². The van der Waals surface area contributed by atoms with Crippen LogP contribution in [0.25, 0.3) is 61.1 Å². The van der Waals surface area contributed by atoms with Crippen molar-refractivity contribution in [3.05, 3.63) is 342 Å². The standard InChI is InChI=1S/3C12H11N.2C11H10N2.C7H6N2.2C6H8N2/c1-10-6-5-9-12(13-10)11-7-3-2-4-8-11;1-10-7-8-12(9-13-10)11-5-3-2-4-6-11;1-10-7-8-12(13-9-10)11-5-3-2-4-6-11;1-9-7-11(13-8-12-9)10-5-3-2-4-6-10;1-9-7-8-12-11(13-9)10-5-3-2-4-6-10;1-6-4-3-5-9-7(6)8-2;1-5-3-7-4-8-6(5)2;1-5-3-6(2)8-4-7-5/h3*2-9H,1H3;2*2-8H,1H3;3-5H,1H3;2*3-4H,1-2H3. The topological polar surface area (TPSA) is 159 Å². The van der Waals surface area contributed by atoms with Crippen LogP contribution < -0.4 is 0 Å². The van der Waals surface area contributed by atoms with Gasteiger partial charge < -0.3 is 4.85 Å². The van der Waals surface area contributed by atoms with Crippen LogP contribution in [-0.2, 0) is 0 Å². The van der Waals surface area contributed by atoms with E-state index in [0.717, 1.165) is 85.0 Å². The number of pyridine rings is 4. The molecule has 0 saturated carbocycles. The highest BCUT2D eigenvalue weighted by molar-refractivity contribution is 5.63. The number of aryl methyl sites for hydroxylation is 10. The maximum Gasteiger partial charge on any atom is 0.272 e. The quantitative estimate of drug-likeness (QED) is 0.150. The lowest BCUT2D eigenvalue weighted by atomic mass is 10.1. The number of hydrogen-bond acceptors (Lipinski definition) is 12. The smallest absolute Gasteiger partial charge is 0.272 e. The van der Waals surface area contributed by atoms with Gasteiger partial charge in [0.25, 0.3) is 5.82 Å². The first-order valence-electron chi connectivity index (χ1n) is 29.2. The summed E-state index contributed by atoms with van der Waals surface area (Å²) < 4.78 is 0. The van der Waals surface area contributed by atoms with Gasteiger partial charge in [0, 0.05) is 92.5 Å². The Balaban J connectivity index is 0.000000165. The molecule has 13 heteroatoms. The van der Waals surface area contributed by atoms with Crippen molar-refractivity contribution in [3.8, 4) is 56.3 Å². The van der Waals surface area contributed by atoms with Crippen LogP contribution in [-0.4, -0.2) is 59.8 Å². The zero-order valence-electron chi connectivity index (χ0n) is 52.8. The number of aromatic nitrogens is 12. The first kappa shape index (κ1) is 67.6. The van der Waals surface area contributed by atoms with Crippen LogP contribution >= 0.6 is 0 Å². The summed E-state index contributed by atoms with van der Waals surface area (Å²) in [6.07, 6.45) is 13.7. The summed E-state index contributed by atoms with van der Waals surface area (Å²) in [7, 11) is 0. The molecule has 8 heterocycles. The Labute approximate surface area is 530 Å². The highest BCUT2D eigenvalue weighted by Gasteiger charge is 2.02. The van der Waals surface area contributed by atoms with Gasteiger partial charge in [-0.05, 0) is 140 Å². The van der Waals surface area contributed by atoms with Crippen molar-refractivity contribution in [2.24, 2.45) is 0 Å². The Bertz CT molecular complexity index is 3860. The van der Waals surface area contributed by atoms with Gasteiger partial charge in [-0.2, -0.15) is 0 Å². The number of nitrogens with zero attached hydrogens (tertiary/aromatic N) is 13. The van der Waals surface area contributed by atoms with E-state index in [0.29, 0.717) is 5.82 Å². The van der Waals surface area contributed by atoms with Gasteiger partial charge in [0.15, 0.2) is 5.82 Å². The van der Waals surface area contributed by atoms with E-state index in [2.05, 4.69) is 113 Å². The molecule has 0 aliphatic rings. The van der Waals surface area contributed by atoms with Crippen molar-refractivity contribution < 1.29 is 0 Å². The summed E-state index contributed by atoms with van der Waals surface area (Å²) in [6.45, 7) is 26.4. The summed E-state index contributed by atoms with van der Waals surface area (Å²) in [6, 6.07) is 74.6. The van der Waals surface area contributed by atoms with Crippen LogP contribution in [0.4, 0.5) is 5.82 Å². The first-order valence-corrected chi connectivity index (χ1v) is 29.2. The third-order valence-corrected chi connectivity index (χ3v) is 12.8. The van der Waals surface area contributed by atoms with Gasteiger partial charge in [0.05, 0.1) is 17.1 Å². The molecule has 90 heavy (non-hydrogen) atoms. The monoisotopic (exact) mass is 1180 g/mol. The molecule has 0 bridgehead atoms. The van der Waals surface area contributed by atoms with E-state index in [1.165, 1.54) is 27.8 Å². The van der Waals surface area contributed by atoms with Crippen LogP contribution in [0, 0.1) is 75.8 Å². The first-order chi connectivity index (χ1) is 43.7. The van der Waals surface area contributed by atoms with Crippen molar-refractivity contribution in [1.29, 1.82) is 0 Å². The van der Waals surface area contributed by atoms with E-state index in [9.17, 15) is 0 Å². The summed E-state index contributed by atoms with van der Waals surface area (Å²) in [5.41, 5.74) is 20.5. The molecule has 5 aromatic carbocycles. The van der Waals surface area contributed by atoms with E-state index in [1.54, 1.807) is 31.4 Å². The van der Waals surface area contributed by atoms with Gasteiger partial charge in [-0.3, -0.25) is 15.0 Å². The van der Waals surface area contributed by atoms with E-state index in [4.69, 9.17) is 6.57 Å². The molecule has 0 spiro atoms. The number of rotatable bonds is 5. The lowest BCUT2D eigenvalue weighted by molar-refractivity contribution is 1.05. The number of benzene rings is 5. The summed E-state index contributed by atoms with van der Waals surface area (Å²) in [5, 5.41) is 0. The molecule has 0 aliphatic carbocycles. The third-order valence-electron chi connectivity index (χ3n) is 12.8. The molecule has 0 saturated heterocycles. The van der Waals surface area contributed by atoms with Crippen LogP contribution in [0.2, 0.25) is 0 Å². The average Bonchev–Trinajstić information content (AvgIpc) is 3.75. The van der Waals surface area contributed by atoms with Crippen LogP contribution in [0.15, 0.2) is 274 Å². The molecule has 13 aromatic rings. The Morgan fingerprint density at radius 3 is 1.29 bits per heavy atom. The zero-order valence-corrected chi connectivity index (χ0v) is 52.8. The molecule has 448 valence electrons. The molecule has 0 radical (unpaired) electrons. The Hall–Kier alpha value is -11.5. The predicted octanol–water partition coefficient (Wildman–Crippen LogP) is 18.2. The number of hydrogen-bond donors (Lipinski definition) is 0. The fourth-order valence-corrected chi connectivity index (χ4v) is 7.87. The van der Waals surface area contributed by atoms with Crippen molar-refractivity contribution in [3.63, 3.8) is 0 Å². The van der Waals surface area contributed by atoms with Crippen LogP contribution in [0.5, 0.6) is 0 Å². The second-order valence-corrected chi connectivity index (χ2v) is 20.3. The lowest BCUT2D eigenvalue weighted by Gasteiger charge is -2.00. The summed E-state index contributed by atoms with van der Waals surface area (Å²) in [5.74, 6) is 1.29. The molecule has 0 N–H and O–H groups in total. The van der Waals surface area contributed by atoms with Gasteiger partial charge in [0.2, 0.25) is 0 Å². The highest BCUT2D eigenvalue weighted by atomic mass is 14.9. The molecule has 0 atom stereocenters. The maximum absolute atomic E-state index is 6.65. The van der Waals surface area contributed by atoms with Crippen LogP contribution in [0.3, 0.4) is 0 Å². The van der Waals surface area contributed by atoms with Gasteiger partial charge in [0.1, 0.15) is 25.2 Å². The van der Waals surface area contributed by atoms with Gasteiger partial charge >= 0.3 is 0 Å². The molecule has 0 fully saturated rings.